The Bertz CT molecular complexity index is 500. The molecule has 0 atom stereocenters. The number of carbonyl (C=O) groups excluding carboxylic acids is 1. The third kappa shape index (κ3) is 1.90. The number of hydrogen-bond acceptors (Lipinski definition) is 5. The number of Topliss-reactive ketones (excluding diaryl/α,β-unsaturated/α-hetero) is 1. The summed E-state index contributed by atoms with van der Waals surface area (Å²) in [5, 5.41) is 11.7. The van der Waals surface area contributed by atoms with E-state index >= 15 is 0 Å². The van der Waals surface area contributed by atoms with Crippen LogP contribution in [0.5, 0.6) is 0 Å². The number of rotatable bonds is 3. The van der Waals surface area contributed by atoms with Gasteiger partial charge >= 0.3 is 11.2 Å². The molecule has 0 bridgehead atoms. The summed E-state index contributed by atoms with van der Waals surface area (Å²) in [5.41, 5.74) is -2.28. The largest absolute Gasteiger partial charge is 0.421 e. The lowest BCUT2D eigenvalue weighted by molar-refractivity contribution is 0.100. The summed E-state index contributed by atoms with van der Waals surface area (Å²) < 4.78 is -0.127. The molecule has 1 aromatic heterocycles. The van der Waals surface area contributed by atoms with Crippen LogP contribution in [-0.4, -0.2) is 27.2 Å². The second-order valence-electron chi connectivity index (χ2n) is 2.88. The van der Waals surface area contributed by atoms with Crippen LogP contribution in [0.15, 0.2) is 9.59 Å². The van der Waals surface area contributed by atoms with Crippen molar-refractivity contribution in [2.24, 2.45) is 0 Å². The summed E-state index contributed by atoms with van der Waals surface area (Å²) in [6, 6.07) is 0. The Balaban J connectivity index is 3.58. The van der Waals surface area contributed by atoms with Gasteiger partial charge in [-0.05, 0) is 13.8 Å². The van der Waals surface area contributed by atoms with Crippen molar-refractivity contribution in [1.29, 1.82) is 0 Å². The maximum atomic E-state index is 11.4. The topological polar surface area (TPSA) is 104 Å². The zero-order valence-corrected chi connectivity index (χ0v) is 8.33. The van der Waals surface area contributed by atoms with Crippen LogP contribution >= 0.6 is 0 Å². The third-order valence-corrected chi connectivity index (χ3v) is 1.79. The van der Waals surface area contributed by atoms with Crippen molar-refractivity contribution in [3.63, 3.8) is 0 Å². The van der Waals surface area contributed by atoms with Gasteiger partial charge in [0.15, 0.2) is 5.78 Å². The predicted molar refractivity (Wildman–Crippen MR) is 52.7 cm³/mol. The van der Waals surface area contributed by atoms with Gasteiger partial charge in [-0.15, -0.1) is 0 Å². The molecule has 0 saturated carbocycles. The highest BCUT2D eigenvalue weighted by atomic mass is 16.5. The first-order valence-corrected chi connectivity index (χ1v) is 4.32. The zero-order valence-electron chi connectivity index (χ0n) is 8.33. The maximum absolute atomic E-state index is 11.4. The molecule has 0 aliphatic heterocycles. The van der Waals surface area contributed by atoms with Crippen molar-refractivity contribution in [2.45, 2.75) is 13.8 Å². The van der Waals surface area contributed by atoms with Gasteiger partial charge in [0.25, 0.3) is 0 Å². The van der Waals surface area contributed by atoms with Crippen molar-refractivity contribution in [3.05, 3.63) is 26.4 Å². The molecule has 0 spiro atoms. The Labute approximate surface area is 84.3 Å². The SMILES string of the molecule is CCNc1[nH]c(=O)n(O)c(=O)c1C(C)=O. The first kappa shape index (κ1) is 11.0. The first-order valence-electron chi connectivity index (χ1n) is 4.32. The molecule has 0 aliphatic rings. The van der Waals surface area contributed by atoms with Gasteiger partial charge in [0, 0.05) is 6.54 Å². The Morgan fingerprint density at radius 3 is 2.60 bits per heavy atom. The van der Waals surface area contributed by atoms with Crippen LogP contribution in [0.2, 0.25) is 0 Å². The van der Waals surface area contributed by atoms with Gasteiger partial charge in [-0.2, -0.15) is 0 Å². The molecule has 0 amide bonds. The summed E-state index contributed by atoms with van der Waals surface area (Å²) >= 11 is 0. The minimum Gasteiger partial charge on any atom is -0.421 e. The van der Waals surface area contributed by atoms with E-state index < -0.39 is 17.0 Å². The fourth-order valence-electron chi connectivity index (χ4n) is 1.16. The molecule has 82 valence electrons. The molecule has 0 radical (unpaired) electrons. The second-order valence-corrected chi connectivity index (χ2v) is 2.88. The average Bonchev–Trinajstić information content (AvgIpc) is 2.14. The molecule has 7 heteroatoms. The normalized spacial score (nSPS) is 10.0. The molecule has 0 aliphatic carbocycles. The van der Waals surface area contributed by atoms with Gasteiger partial charge < -0.3 is 10.5 Å². The molecule has 1 heterocycles. The molecule has 1 rings (SSSR count). The summed E-state index contributed by atoms with van der Waals surface area (Å²) in [7, 11) is 0. The van der Waals surface area contributed by atoms with Crippen molar-refractivity contribution in [3.8, 4) is 0 Å². The van der Waals surface area contributed by atoms with E-state index in [1.165, 1.54) is 6.92 Å². The molecule has 0 aromatic carbocycles. The number of carbonyl (C=O) groups is 1. The number of H-pyrrole nitrogens is 1. The van der Waals surface area contributed by atoms with Gasteiger partial charge in [0.2, 0.25) is 0 Å². The number of hydrogen-bond donors (Lipinski definition) is 3. The Morgan fingerprint density at radius 1 is 1.53 bits per heavy atom. The van der Waals surface area contributed by atoms with E-state index in [0.717, 1.165) is 0 Å². The van der Waals surface area contributed by atoms with E-state index in [4.69, 9.17) is 5.21 Å². The van der Waals surface area contributed by atoms with E-state index in [9.17, 15) is 14.4 Å². The summed E-state index contributed by atoms with van der Waals surface area (Å²) in [6.45, 7) is 3.35. The van der Waals surface area contributed by atoms with Gasteiger partial charge in [0.05, 0.1) is 0 Å². The smallest absolute Gasteiger partial charge is 0.363 e. The van der Waals surface area contributed by atoms with Crippen LogP contribution in [0.25, 0.3) is 0 Å². The predicted octanol–water partition coefficient (Wildman–Crippen LogP) is -0.592. The van der Waals surface area contributed by atoms with Crippen molar-refractivity contribution in [1.82, 2.24) is 9.71 Å². The number of aromatic nitrogens is 2. The van der Waals surface area contributed by atoms with Gasteiger partial charge in [-0.3, -0.25) is 14.6 Å². The lowest BCUT2D eigenvalue weighted by atomic mass is 10.2. The first-order chi connectivity index (χ1) is 6.99. The van der Waals surface area contributed by atoms with Crippen LogP contribution in [0, 0.1) is 0 Å². The van der Waals surface area contributed by atoms with Crippen molar-refractivity contribution < 1.29 is 10.0 Å². The van der Waals surface area contributed by atoms with Crippen LogP contribution in [0.4, 0.5) is 5.82 Å². The van der Waals surface area contributed by atoms with E-state index in [-0.39, 0.29) is 16.1 Å². The lowest BCUT2D eigenvalue weighted by Gasteiger charge is -2.07. The summed E-state index contributed by atoms with van der Waals surface area (Å²) in [5.74, 6) is -0.500. The standard InChI is InChI=1S/C8H11N3O4/c1-3-9-6-5(4(2)12)7(13)11(15)8(14)10-6/h9,15H,3H2,1-2H3,(H,10,14). The quantitative estimate of drug-likeness (QED) is 0.459. The van der Waals surface area contributed by atoms with E-state index in [1.54, 1.807) is 6.92 Å². The fraction of sp³-hybridized carbons (Fsp3) is 0.375. The van der Waals surface area contributed by atoms with Crippen LogP contribution < -0.4 is 16.6 Å². The summed E-state index contributed by atoms with van der Waals surface area (Å²) in [6.07, 6.45) is 0. The molecule has 0 unspecified atom stereocenters. The molecular formula is C8H11N3O4. The lowest BCUT2D eigenvalue weighted by Crippen LogP contribution is -2.37. The Kier molecular flexibility index (Phi) is 2.93. The molecule has 3 N–H and O–H groups in total. The maximum Gasteiger partial charge on any atom is 0.363 e. The van der Waals surface area contributed by atoms with Gasteiger partial charge in [-0.1, -0.05) is 4.73 Å². The highest BCUT2D eigenvalue weighted by Crippen LogP contribution is 2.04. The molecule has 15 heavy (non-hydrogen) atoms. The van der Waals surface area contributed by atoms with Crippen LogP contribution in [0.1, 0.15) is 24.2 Å². The number of ketones is 1. The fourth-order valence-corrected chi connectivity index (χ4v) is 1.16. The number of anilines is 1. The monoisotopic (exact) mass is 213 g/mol. The van der Waals surface area contributed by atoms with Gasteiger partial charge in [-0.25, -0.2) is 4.79 Å². The van der Waals surface area contributed by atoms with E-state index in [1.807, 2.05) is 0 Å². The molecule has 0 saturated heterocycles. The molecular weight excluding hydrogens is 202 g/mol. The van der Waals surface area contributed by atoms with Crippen molar-refractivity contribution >= 4 is 11.6 Å². The Morgan fingerprint density at radius 2 is 2.13 bits per heavy atom. The molecule has 7 nitrogen and oxygen atoms in total. The third-order valence-electron chi connectivity index (χ3n) is 1.79. The van der Waals surface area contributed by atoms with Gasteiger partial charge in [0.1, 0.15) is 11.4 Å². The van der Waals surface area contributed by atoms with Crippen molar-refractivity contribution in [2.75, 3.05) is 11.9 Å². The number of nitrogens with zero attached hydrogens (tertiary/aromatic N) is 1. The molecule has 0 fully saturated rings. The van der Waals surface area contributed by atoms with E-state index in [0.29, 0.717) is 6.54 Å². The minimum atomic E-state index is -1.03. The number of aromatic amines is 1. The zero-order chi connectivity index (χ0) is 11.6. The van der Waals surface area contributed by atoms with Crippen LogP contribution in [0.3, 0.4) is 0 Å². The highest BCUT2D eigenvalue weighted by Gasteiger charge is 2.16. The average molecular weight is 213 g/mol. The molecule has 1 aromatic rings. The highest BCUT2D eigenvalue weighted by molar-refractivity contribution is 5.98. The Hall–Kier alpha value is -2.05. The van der Waals surface area contributed by atoms with Crippen LogP contribution in [-0.2, 0) is 0 Å². The summed E-state index contributed by atoms with van der Waals surface area (Å²) in [4.78, 5) is 35.7. The van der Waals surface area contributed by atoms with E-state index in [2.05, 4.69) is 10.3 Å². The number of nitrogens with one attached hydrogen (secondary N) is 2. The minimum absolute atomic E-state index is 0.0327. The second kappa shape index (κ2) is 3.99.